The highest BCUT2D eigenvalue weighted by Crippen LogP contribution is 2.37. The summed E-state index contributed by atoms with van der Waals surface area (Å²) in [5, 5.41) is 0. The summed E-state index contributed by atoms with van der Waals surface area (Å²) in [7, 11) is 0. The summed E-state index contributed by atoms with van der Waals surface area (Å²) in [6.07, 6.45) is 6.52. The van der Waals surface area contributed by atoms with Crippen molar-refractivity contribution in [3.05, 3.63) is 0 Å². The number of ether oxygens (including phenoxy) is 1. The summed E-state index contributed by atoms with van der Waals surface area (Å²) < 4.78 is 5.36. The zero-order valence-corrected chi connectivity index (χ0v) is 9.50. The van der Waals surface area contributed by atoms with Gasteiger partial charge in [-0.3, -0.25) is 4.79 Å². The number of hydrogen-bond donors (Lipinski definition) is 1. The van der Waals surface area contributed by atoms with Crippen LogP contribution in [0.3, 0.4) is 0 Å². The van der Waals surface area contributed by atoms with Crippen LogP contribution in [0.1, 0.15) is 45.4 Å². The van der Waals surface area contributed by atoms with Crippen LogP contribution in [-0.2, 0) is 9.53 Å². The van der Waals surface area contributed by atoms with Crippen LogP contribution in [0.2, 0.25) is 0 Å². The van der Waals surface area contributed by atoms with Crippen LogP contribution in [0.15, 0.2) is 0 Å². The molecule has 2 N–H and O–H groups in total. The van der Waals surface area contributed by atoms with Crippen molar-refractivity contribution in [2.75, 3.05) is 6.61 Å². The van der Waals surface area contributed by atoms with Crippen molar-refractivity contribution in [1.82, 2.24) is 0 Å². The van der Waals surface area contributed by atoms with Crippen molar-refractivity contribution in [3.63, 3.8) is 0 Å². The zero-order chi connectivity index (χ0) is 10.9. The standard InChI is InChI=1S/C12H21NO2/c1-12(7-3-2-4-10(12)13)11(14)15-8-9-5-6-9/h9-10H,2-8,13H2,1H3. The van der Waals surface area contributed by atoms with Crippen LogP contribution >= 0.6 is 0 Å². The number of rotatable bonds is 3. The van der Waals surface area contributed by atoms with E-state index in [-0.39, 0.29) is 12.0 Å². The Balaban J connectivity index is 1.89. The molecule has 0 heterocycles. The van der Waals surface area contributed by atoms with Gasteiger partial charge >= 0.3 is 5.97 Å². The second-order valence-electron chi connectivity index (χ2n) is 5.31. The third-order valence-electron chi connectivity index (χ3n) is 3.89. The molecule has 2 fully saturated rings. The van der Waals surface area contributed by atoms with Crippen molar-refractivity contribution in [2.45, 2.75) is 51.5 Å². The highest BCUT2D eigenvalue weighted by atomic mass is 16.5. The van der Waals surface area contributed by atoms with E-state index < -0.39 is 5.41 Å². The third kappa shape index (κ3) is 2.33. The van der Waals surface area contributed by atoms with Gasteiger partial charge < -0.3 is 10.5 Å². The fourth-order valence-corrected chi connectivity index (χ4v) is 2.26. The molecule has 0 bridgehead atoms. The molecule has 0 spiro atoms. The van der Waals surface area contributed by atoms with Crippen molar-refractivity contribution >= 4 is 5.97 Å². The fraction of sp³-hybridized carbons (Fsp3) is 0.917. The Morgan fingerprint density at radius 3 is 2.73 bits per heavy atom. The van der Waals surface area contributed by atoms with E-state index in [2.05, 4.69) is 0 Å². The Kier molecular flexibility index (Phi) is 3.01. The average molecular weight is 211 g/mol. The van der Waals surface area contributed by atoms with Crippen LogP contribution in [0, 0.1) is 11.3 Å². The molecule has 3 nitrogen and oxygen atoms in total. The van der Waals surface area contributed by atoms with E-state index in [1.807, 2.05) is 6.92 Å². The smallest absolute Gasteiger partial charge is 0.313 e. The van der Waals surface area contributed by atoms with Gasteiger partial charge in [-0.2, -0.15) is 0 Å². The summed E-state index contributed by atoms with van der Waals surface area (Å²) in [5.74, 6) is 0.568. The molecule has 3 heteroatoms. The summed E-state index contributed by atoms with van der Waals surface area (Å²) >= 11 is 0. The molecule has 0 amide bonds. The number of esters is 1. The predicted octanol–water partition coefficient (Wildman–Crippen LogP) is 1.85. The highest BCUT2D eigenvalue weighted by Gasteiger charge is 2.42. The Hall–Kier alpha value is -0.570. The predicted molar refractivity (Wildman–Crippen MR) is 58.2 cm³/mol. The molecule has 0 aromatic heterocycles. The van der Waals surface area contributed by atoms with Crippen molar-refractivity contribution in [3.8, 4) is 0 Å². The van der Waals surface area contributed by atoms with Crippen LogP contribution in [-0.4, -0.2) is 18.6 Å². The lowest BCUT2D eigenvalue weighted by Crippen LogP contribution is -2.48. The number of carbonyl (C=O) groups excluding carboxylic acids is 1. The largest absolute Gasteiger partial charge is 0.465 e. The molecule has 0 aromatic rings. The average Bonchev–Trinajstić information content (AvgIpc) is 3.02. The molecule has 0 aromatic carbocycles. The molecular weight excluding hydrogens is 190 g/mol. The maximum atomic E-state index is 12.0. The molecule has 2 atom stereocenters. The Bertz CT molecular complexity index is 250. The van der Waals surface area contributed by atoms with Gasteiger partial charge in [0.2, 0.25) is 0 Å². The van der Waals surface area contributed by atoms with Crippen molar-refractivity contribution in [2.24, 2.45) is 17.1 Å². The lowest BCUT2D eigenvalue weighted by Gasteiger charge is -2.36. The van der Waals surface area contributed by atoms with E-state index in [4.69, 9.17) is 10.5 Å². The second kappa shape index (κ2) is 4.12. The van der Waals surface area contributed by atoms with Crippen LogP contribution in [0.5, 0.6) is 0 Å². The quantitative estimate of drug-likeness (QED) is 0.725. The van der Waals surface area contributed by atoms with Crippen LogP contribution in [0.25, 0.3) is 0 Å². The monoisotopic (exact) mass is 211 g/mol. The molecular formula is C12H21NO2. The van der Waals surface area contributed by atoms with Crippen molar-refractivity contribution in [1.29, 1.82) is 0 Å². The molecule has 0 aliphatic heterocycles. The molecule has 0 radical (unpaired) electrons. The molecule has 2 unspecified atom stereocenters. The van der Waals surface area contributed by atoms with Gasteiger partial charge in [-0.15, -0.1) is 0 Å². The first-order valence-corrected chi connectivity index (χ1v) is 6.06. The van der Waals surface area contributed by atoms with Crippen LogP contribution in [0.4, 0.5) is 0 Å². The van der Waals surface area contributed by atoms with Crippen LogP contribution < -0.4 is 5.73 Å². The van der Waals surface area contributed by atoms with Gasteiger partial charge in [-0.1, -0.05) is 12.8 Å². The van der Waals surface area contributed by atoms with Gasteiger partial charge in [0.1, 0.15) is 0 Å². The number of carbonyl (C=O) groups is 1. The molecule has 2 aliphatic rings. The first kappa shape index (κ1) is 10.9. The maximum Gasteiger partial charge on any atom is 0.313 e. The van der Waals surface area contributed by atoms with E-state index in [1.54, 1.807) is 0 Å². The number of hydrogen-bond acceptors (Lipinski definition) is 3. The molecule has 2 rings (SSSR count). The minimum absolute atomic E-state index is 0.0158. The summed E-state index contributed by atoms with van der Waals surface area (Å²) in [4.78, 5) is 12.0. The van der Waals surface area contributed by atoms with Crippen molar-refractivity contribution < 1.29 is 9.53 Å². The summed E-state index contributed by atoms with van der Waals surface area (Å²) in [6.45, 7) is 2.58. The van der Waals surface area contributed by atoms with Gasteiger partial charge in [0.15, 0.2) is 0 Å². The normalized spacial score (nSPS) is 36.3. The lowest BCUT2D eigenvalue weighted by molar-refractivity contribution is -0.158. The van der Waals surface area contributed by atoms with Gasteiger partial charge in [-0.05, 0) is 38.5 Å². The highest BCUT2D eigenvalue weighted by molar-refractivity contribution is 5.77. The molecule has 0 saturated heterocycles. The SMILES string of the molecule is CC1(C(=O)OCC2CC2)CCCCC1N. The van der Waals surface area contributed by atoms with E-state index in [1.165, 1.54) is 12.8 Å². The number of nitrogens with two attached hydrogens (primary N) is 1. The maximum absolute atomic E-state index is 12.0. The van der Waals surface area contributed by atoms with E-state index >= 15 is 0 Å². The lowest BCUT2D eigenvalue weighted by atomic mass is 9.72. The first-order valence-electron chi connectivity index (χ1n) is 6.06. The van der Waals surface area contributed by atoms with Gasteiger partial charge in [0.05, 0.1) is 12.0 Å². The summed E-state index contributed by atoms with van der Waals surface area (Å²) in [5.41, 5.74) is 5.61. The molecule has 86 valence electrons. The van der Waals surface area contributed by atoms with E-state index in [9.17, 15) is 4.79 Å². The minimum Gasteiger partial charge on any atom is -0.465 e. The molecule has 2 aliphatic carbocycles. The summed E-state index contributed by atoms with van der Waals surface area (Å²) in [6, 6.07) is -0.0158. The van der Waals surface area contributed by atoms with Gasteiger partial charge in [0.25, 0.3) is 0 Å². The van der Waals surface area contributed by atoms with E-state index in [0.717, 1.165) is 25.7 Å². The molecule has 15 heavy (non-hydrogen) atoms. The second-order valence-corrected chi connectivity index (χ2v) is 5.31. The van der Waals surface area contributed by atoms with Gasteiger partial charge in [-0.25, -0.2) is 0 Å². The minimum atomic E-state index is -0.423. The Labute approximate surface area is 91.4 Å². The Morgan fingerprint density at radius 1 is 1.40 bits per heavy atom. The first-order chi connectivity index (χ1) is 7.13. The van der Waals surface area contributed by atoms with E-state index in [0.29, 0.717) is 12.5 Å². The van der Waals surface area contributed by atoms with Gasteiger partial charge in [0, 0.05) is 6.04 Å². The Morgan fingerprint density at radius 2 is 2.13 bits per heavy atom. The third-order valence-corrected chi connectivity index (χ3v) is 3.89. The fourth-order valence-electron chi connectivity index (χ4n) is 2.26. The molecule has 2 saturated carbocycles. The zero-order valence-electron chi connectivity index (χ0n) is 9.50. The topological polar surface area (TPSA) is 52.3 Å².